The lowest BCUT2D eigenvalue weighted by atomic mass is 10.2. The van der Waals surface area contributed by atoms with Crippen LogP contribution in [0.4, 0.5) is 0 Å². The van der Waals surface area contributed by atoms with Crippen LogP contribution < -0.4 is 0 Å². The first kappa shape index (κ1) is 10.1. The minimum atomic E-state index is -2.18. The van der Waals surface area contributed by atoms with Gasteiger partial charge < -0.3 is 0 Å². The number of benzene rings is 1. The zero-order valence-electron chi connectivity index (χ0n) is 6.07. The van der Waals surface area contributed by atoms with Crippen LogP contribution >= 0.6 is 22.6 Å². The molecular weight excluding hydrogens is 291 g/mol. The average molecular weight is 298 g/mol. The van der Waals surface area contributed by atoms with Gasteiger partial charge in [-0.05, 0) is 40.3 Å². The van der Waals surface area contributed by atoms with E-state index in [0.29, 0.717) is 0 Å². The van der Waals surface area contributed by atoms with Gasteiger partial charge in [-0.2, -0.15) is 4.21 Å². The summed E-state index contributed by atoms with van der Waals surface area (Å²) in [5.41, 5.74) is 0.893. The Morgan fingerprint density at radius 1 is 1.58 bits per heavy atom. The number of halogens is 1. The van der Waals surface area contributed by atoms with Gasteiger partial charge >= 0.3 is 11.4 Å². The van der Waals surface area contributed by atoms with E-state index in [1.165, 1.54) is 0 Å². The van der Waals surface area contributed by atoms with E-state index in [1.54, 1.807) is 0 Å². The molecule has 0 saturated carbocycles. The highest BCUT2D eigenvalue weighted by Gasteiger charge is 1.96. The van der Waals surface area contributed by atoms with Crippen LogP contribution in [-0.4, -0.2) is 8.76 Å². The molecule has 0 saturated heterocycles. The van der Waals surface area contributed by atoms with Gasteiger partial charge in [0.25, 0.3) is 0 Å². The van der Waals surface area contributed by atoms with Crippen molar-refractivity contribution in [2.24, 2.45) is 0 Å². The molecule has 1 aromatic rings. The Morgan fingerprint density at radius 2 is 2.33 bits per heavy atom. The Labute approximate surface area is 86.8 Å². The van der Waals surface area contributed by atoms with Crippen LogP contribution in [0.1, 0.15) is 5.56 Å². The lowest BCUT2D eigenvalue weighted by Gasteiger charge is -1.99. The van der Waals surface area contributed by atoms with E-state index >= 15 is 0 Å². The van der Waals surface area contributed by atoms with Gasteiger partial charge in [0.05, 0.1) is 6.61 Å². The maximum Gasteiger partial charge on any atom is 0.302 e. The Kier molecular flexibility index (Phi) is 4.13. The molecule has 1 aromatic carbocycles. The van der Waals surface area contributed by atoms with Gasteiger partial charge in [0, 0.05) is 3.57 Å². The van der Waals surface area contributed by atoms with Gasteiger partial charge in [0.2, 0.25) is 0 Å². The largest absolute Gasteiger partial charge is 0.302 e. The zero-order chi connectivity index (χ0) is 8.97. The SMILES string of the molecule is O=S(O)OCc1cccc(I)c1. The lowest BCUT2D eigenvalue weighted by Crippen LogP contribution is -1.95. The summed E-state index contributed by atoms with van der Waals surface area (Å²) in [5, 5.41) is 0. The van der Waals surface area contributed by atoms with Crippen molar-refractivity contribution in [3.8, 4) is 0 Å². The van der Waals surface area contributed by atoms with Crippen LogP contribution in [-0.2, 0) is 22.2 Å². The van der Waals surface area contributed by atoms with Crippen molar-refractivity contribution < 1.29 is 12.9 Å². The highest BCUT2D eigenvalue weighted by Crippen LogP contribution is 2.08. The maximum atomic E-state index is 10.1. The normalized spacial score (nSPS) is 12.8. The van der Waals surface area contributed by atoms with Crippen molar-refractivity contribution in [3.63, 3.8) is 0 Å². The molecule has 12 heavy (non-hydrogen) atoms. The molecule has 0 heterocycles. The van der Waals surface area contributed by atoms with Gasteiger partial charge in [-0.25, -0.2) is 0 Å². The first-order valence-corrected chi connectivity index (χ1v) is 5.28. The first-order chi connectivity index (χ1) is 5.68. The van der Waals surface area contributed by atoms with E-state index in [-0.39, 0.29) is 6.61 Å². The van der Waals surface area contributed by atoms with Crippen molar-refractivity contribution >= 4 is 34.0 Å². The number of rotatable bonds is 3. The second kappa shape index (κ2) is 4.90. The molecule has 1 N–H and O–H groups in total. The van der Waals surface area contributed by atoms with Crippen LogP contribution in [0.15, 0.2) is 24.3 Å². The lowest BCUT2D eigenvalue weighted by molar-refractivity contribution is 0.297. The molecular formula is C7H7IO3S. The topological polar surface area (TPSA) is 46.5 Å². The van der Waals surface area contributed by atoms with Crippen molar-refractivity contribution in [1.29, 1.82) is 0 Å². The summed E-state index contributed by atoms with van der Waals surface area (Å²) in [6.45, 7) is 0.167. The number of hydrogen-bond donors (Lipinski definition) is 1. The standard InChI is InChI=1S/C7H7IO3S/c8-7-3-1-2-6(4-7)5-11-12(9)10/h1-4H,5H2,(H,9,10). The van der Waals surface area contributed by atoms with Crippen molar-refractivity contribution in [2.75, 3.05) is 0 Å². The van der Waals surface area contributed by atoms with E-state index in [9.17, 15) is 4.21 Å². The van der Waals surface area contributed by atoms with Gasteiger partial charge in [0.15, 0.2) is 0 Å². The fourth-order valence-corrected chi connectivity index (χ4v) is 1.59. The van der Waals surface area contributed by atoms with Crippen LogP contribution in [0.3, 0.4) is 0 Å². The van der Waals surface area contributed by atoms with Gasteiger partial charge in [-0.3, -0.25) is 8.74 Å². The second-order valence-electron chi connectivity index (χ2n) is 2.11. The molecule has 0 radical (unpaired) electrons. The smallest absolute Gasteiger partial charge is 0.284 e. The quantitative estimate of drug-likeness (QED) is 0.685. The first-order valence-electron chi connectivity index (χ1n) is 3.17. The minimum absolute atomic E-state index is 0.167. The van der Waals surface area contributed by atoms with Crippen molar-refractivity contribution in [2.45, 2.75) is 6.61 Å². The average Bonchev–Trinajstić information content (AvgIpc) is 2.01. The van der Waals surface area contributed by atoms with Crippen LogP contribution in [0.5, 0.6) is 0 Å². The summed E-state index contributed by atoms with van der Waals surface area (Å²) in [4.78, 5) is 0. The molecule has 66 valence electrons. The summed E-state index contributed by atoms with van der Waals surface area (Å²) < 4.78 is 24.1. The summed E-state index contributed by atoms with van der Waals surface area (Å²) in [5.74, 6) is 0. The van der Waals surface area contributed by atoms with Gasteiger partial charge in [0.1, 0.15) is 0 Å². The third-order valence-corrected chi connectivity index (χ3v) is 2.21. The molecule has 1 rings (SSSR count). The molecule has 0 aliphatic heterocycles. The summed E-state index contributed by atoms with van der Waals surface area (Å²) in [6, 6.07) is 7.56. The molecule has 0 bridgehead atoms. The molecule has 0 spiro atoms. The summed E-state index contributed by atoms with van der Waals surface area (Å²) in [6.07, 6.45) is 0. The second-order valence-corrected chi connectivity index (χ2v) is 4.02. The predicted molar refractivity (Wildman–Crippen MR) is 54.7 cm³/mol. The number of hydrogen-bond acceptors (Lipinski definition) is 2. The molecule has 0 fully saturated rings. The highest BCUT2D eigenvalue weighted by atomic mass is 127. The monoisotopic (exact) mass is 298 g/mol. The zero-order valence-corrected chi connectivity index (χ0v) is 9.04. The van der Waals surface area contributed by atoms with Crippen LogP contribution in [0.2, 0.25) is 0 Å². The fourth-order valence-electron chi connectivity index (χ4n) is 0.745. The molecule has 0 aliphatic carbocycles. The minimum Gasteiger partial charge on any atom is -0.284 e. The molecule has 5 heteroatoms. The van der Waals surface area contributed by atoms with E-state index in [0.717, 1.165) is 9.13 Å². The Bertz CT molecular complexity index is 290. The molecule has 3 nitrogen and oxygen atoms in total. The van der Waals surface area contributed by atoms with Crippen molar-refractivity contribution in [1.82, 2.24) is 0 Å². The highest BCUT2D eigenvalue weighted by molar-refractivity contribution is 14.1. The van der Waals surface area contributed by atoms with E-state index in [1.807, 2.05) is 24.3 Å². The predicted octanol–water partition coefficient (Wildman–Crippen LogP) is 1.94. The van der Waals surface area contributed by atoms with Gasteiger partial charge in [-0.15, -0.1) is 0 Å². The molecule has 1 atom stereocenters. The van der Waals surface area contributed by atoms with Crippen LogP contribution in [0.25, 0.3) is 0 Å². The van der Waals surface area contributed by atoms with E-state index < -0.39 is 11.4 Å². The Morgan fingerprint density at radius 3 is 2.92 bits per heavy atom. The van der Waals surface area contributed by atoms with Crippen LogP contribution in [0, 0.1) is 3.57 Å². The molecule has 0 aromatic heterocycles. The van der Waals surface area contributed by atoms with E-state index in [4.69, 9.17) is 4.55 Å². The molecule has 0 aliphatic rings. The Hall–Kier alpha value is 0.0200. The third-order valence-electron chi connectivity index (χ3n) is 1.22. The summed E-state index contributed by atoms with van der Waals surface area (Å²) >= 11 is -0.00657. The maximum absolute atomic E-state index is 10.1. The fraction of sp³-hybridized carbons (Fsp3) is 0.143. The van der Waals surface area contributed by atoms with E-state index in [2.05, 4.69) is 26.8 Å². The van der Waals surface area contributed by atoms with Gasteiger partial charge in [-0.1, -0.05) is 12.1 Å². The van der Waals surface area contributed by atoms with Crippen molar-refractivity contribution in [3.05, 3.63) is 33.4 Å². The molecule has 0 amide bonds. The Balaban J connectivity index is 2.57. The third kappa shape index (κ3) is 3.61. The molecule has 1 unspecified atom stereocenters. The summed E-state index contributed by atoms with van der Waals surface area (Å²) in [7, 11) is 0.